The summed E-state index contributed by atoms with van der Waals surface area (Å²) in [5.41, 5.74) is 2.98. The molecule has 1 aliphatic carbocycles. The van der Waals surface area contributed by atoms with E-state index in [0.717, 1.165) is 44.5 Å². The summed E-state index contributed by atoms with van der Waals surface area (Å²) in [5.74, 6) is 1.40. The summed E-state index contributed by atoms with van der Waals surface area (Å²) in [5, 5.41) is 9.26. The van der Waals surface area contributed by atoms with Gasteiger partial charge in [0.2, 0.25) is 0 Å². The smallest absolute Gasteiger partial charge is 0.122 e. The molecule has 128 valence electrons. The average molecular weight is 337 g/mol. The Balaban J connectivity index is 2.03. The van der Waals surface area contributed by atoms with Gasteiger partial charge in [-0.1, -0.05) is 12.1 Å². The lowest BCUT2D eigenvalue weighted by Crippen LogP contribution is -2.43. The lowest BCUT2D eigenvalue weighted by atomic mass is 9.67. The molecule has 0 bridgehead atoms. The summed E-state index contributed by atoms with van der Waals surface area (Å²) >= 11 is 0. The van der Waals surface area contributed by atoms with Crippen LogP contribution >= 0.6 is 0 Å². The van der Waals surface area contributed by atoms with E-state index < -0.39 is 11.0 Å². The zero-order valence-corrected chi connectivity index (χ0v) is 15.2. The number of hydrogen-bond donors (Lipinski definition) is 2. The van der Waals surface area contributed by atoms with E-state index in [-0.39, 0.29) is 10.2 Å². The molecule has 5 heteroatoms. The first-order chi connectivity index (χ1) is 10.9. The Hall–Kier alpha value is -0.910. The molecule has 3 N–H and O–H groups in total. The highest BCUT2D eigenvalue weighted by atomic mass is 32.2. The maximum Gasteiger partial charge on any atom is 0.122 e. The monoisotopic (exact) mass is 336 g/mol. The van der Waals surface area contributed by atoms with Crippen LogP contribution in [0.1, 0.15) is 50.2 Å². The summed E-state index contributed by atoms with van der Waals surface area (Å²) < 4.78 is 17.2. The summed E-state index contributed by atoms with van der Waals surface area (Å²) in [6, 6.07) is 6.37. The van der Waals surface area contributed by atoms with Crippen LogP contribution < -0.4 is 15.2 Å². The van der Waals surface area contributed by atoms with Gasteiger partial charge >= 0.3 is 0 Å². The van der Waals surface area contributed by atoms with Gasteiger partial charge in [0.25, 0.3) is 0 Å². The van der Waals surface area contributed by atoms with Crippen molar-refractivity contribution in [1.82, 2.24) is 5.32 Å². The van der Waals surface area contributed by atoms with Crippen LogP contribution in [0.25, 0.3) is 0 Å². The molecule has 23 heavy (non-hydrogen) atoms. The number of benzene rings is 1. The van der Waals surface area contributed by atoms with Crippen LogP contribution in [0.15, 0.2) is 18.2 Å². The zero-order valence-electron chi connectivity index (χ0n) is 14.4. The molecule has 0 saturated carbocycles. The van der Waals surface area contributed by atoms with E-state index in [4.69, 9.17) is 9.88 Å². The first-order valence-electron chi connectivity index (χ1n) is 8.42. The van der Waals surface area contributed by atoms with Gasteiger partial charge in [0.05, 0.1) is 22.8 Å². The van der Waals surface area contributed by atoms with E-state index in [1.54, 1.807) is 7.11 Å². The van der Waals surface area contributed by atoms with Gasteiger partial charge in [0.1, 0.15) is 5.75 Å². The predicted octanol–water partition coefficient (Wildman–Crippen LogP) is 2.50. The minimum Gasteiger partial charge on any atom is -0.496 e. The van der Waals surface area contributed by atoms with Crippen molar-refractivity contribution in [3.8, 4) is 5.75 Å². The van der Waals surface area contributed by atoms with Crippen LogP contribution in [0.4, 0.5) is 0 Å². The lowest BCUT2D eigenvalue weighted by molar-refractivity contribution is 0.158. The van der Waals surface area contributed by atoms with E-state index in [1.807, 2.05) is 13.8 Å². The largest absolute Gasteiger partial charge is 0.496 e. The van der Waals surface area contributed by atoms with Crippen molar-refractivity contribution in [3.05, 3.63) is 29.3 Å². The van der Waals surface area contributed by atoms with Gasteiger partial charge in [-0.2, -0.15) is 0 Å². The number of methoxy groups -OCH3 is 1. The lowest BCUT2D eigenvalue weighted by Gasteiger charge is -2.42. The maximum absolute atomic E-state index is 12.0. The van der Waals surface area contributed by atoms with Crippen molar-refractivity contribution in [3.63, 3.8) is 0 Å². The normalized spacial score (nSPS) is 24.4. The molecule has 1 aromatic rings. The number of nitrogens with two attached hydrogens (primary N) is 1. The highest BCUT2D eigenvalue weighted by Crippen LogP contribution is 2.57. The van der Waals surface area contributed by atoms with Gasteiger partial charge in [0.15, 0.2) is 0 Å². The molecule has 0 aromatic heterocycles. The molecular formula is C18H28N2O2S. The molecular weight excluding hydrogens is 308 g/mol. The van der Waals surface area contributed by atoms with Crippen molar-refractivity contribution in [2.45, 2.75) is 50.2 Å². The van der Waals surface area contributed by atoms with Crippen LogP contribution in [-0.2, 0) is 17.4 Å². The second-order valence-corrected chi connectivity index (χ2v) is 9.33. The number of piperidine rings is 1. The molecule has 1 saturated heterocycles. The standard InChI is InChI=1S/C18H28N2O2S/c1-17(2,23(19)21)12-15-13-5-4-6-16(22-3)14(13)11-18(15)7-9-20-10-8-18/h4-6,15,20H,7-12,19H2,1-3H3/t15-,23?/m1/s1. The second-order valence-electron chi connectivity index (χ2n) is 7.63. The minimum atomic E-state index is -1.32. The van der Waals surface area contributed by atoms with Crippen LogP contribution in [0.3, 0.4) is 0 Å². The molecule has 1 unspecified atom stereocenters. The van der Waals surface area contributed by atoms with Crippen molar-refractivity contribution in [2.24, 2.45) is 10.6 Å². The third-order valence-electron chi connectivity index (χ3n) is 5.87. The van der Waals surface area contributed by atoms with Crippen LogP contribution in [0.2, 0.25) is 0 Å². The number of rotatable bonds is 4. The maximum atomic E-state index is 12.0. The van der Waals surface area contributed by atoms with Crippen LogP contribution in [-0.4, -0.2) is 29.2 Å². The van der Waals surface area contributed by atoms with E-state index >= 15 is 0 Å². The highest BCUT2D eigenvalue weighted by molar-refractivity contribution is 7.84. The van der Waals surface area contributed by atoms with Gasteiger partial charge in [-0.3, -0.25) is 5.14 Å². The number of ether oxygens (including phenoxy) is 1. The van der Waals surface area contributed by atoms with E-state index in [1.165, 1.54) is 11.1 Å². The fourth-order valence-electron chi connectivity index (χ4n) is 4.44. The fourth-order valence-corrected chi connectivity index (χ4v) is 4.78. The number of nitrogens with one attached hydrogen (secondary N) is 1. The van der Waals surface area contributed by atoms with E-state index in [9.17, 15) is 4.21 Å². The molecule has 1 aromatic carbocycles. The first kappa shape index (κ1) is 16.9. The Kier molecular flexibility index (Phi) is 4.55. The molecule has 0 amide bonds. The third-order valence-corrected chi connectivity index (χ3v) is 7.13. The highest BCUT2D eigenvalue weighted by Gasteiger charge is 2.49. The Bertz CT molecular complexity index is 609. The van der Waals surface area contributed by atoms with Crippen molar-refractivity contribution < 1.29 is 8.95 Å². The second kappa shape index (κ2) is 6.19. The quantitative estimate of drug-likeness (QED) is 0.888. The van der Waals surface area contributed by atoms with Gasteiger partial charge in [-0.15, -0.1) is 0 Å². The first-order valence-corrected chi connectivity index (χ1v) is 9.64. The van der Waals surface area contributed by atoms with E-state index in [2.05, 4.69) is 23.5 Å². The van der Waals surface area contributed by atoms with Crippen molar-refractivity contribution in [1.29, 1.82) is 0 Å². The molecule has 1 heterocycles. The van der Waals surface area contributed by atoms with Gasteiger partial charge < -0.3 is 10.1 Å². The fraction of sp³-hybridized carbons (Fsp3) is 0.667. The van der Waals surface area contributed by atoms with Crippen LogP contribution in [0, 0.1) is 5.41 Å². The summed E-state index contributed by atoms with van der Waals surface area (Å²) in [4.78, 5) is 0. The third kappa shape index (κ3) is 2.94. The molecule has 4 nitrogen and oxygen atoms in total. The number of hydrogen-bond acceptors (Lipinski definition) is 3. The number of fused-ring (bicyclic) bond motifs is 1. The molecule has 2 aliphatic rings. The molecule has 1 fully saturated rings. The van der Waals surface area contributed by atoms with Gasteiger partial charge in [-0.25, -0.2) is 4.21 Å². The van der Waals surface area contributed by atoms with Crippen molar-refractivity contribution >= 4 is 11.0 Å². The minimum absolute atomic E-state index is 0.249. The Morgan fingerprint density at radius 2 is 2.09 bits per heavy atom. The molecule has 2 atom stereocenters. The SMILES string of the molecule is COc1cccc2c1CC1(CCNCC1)[C@@H]2CC(C)(C)S(N)=O. The topological polar surface area (TPSA) is 64.3 Å². The summed E-state index contributed by atoms with van der Waals surface area (Å²) in [6.45, 7) is 6.16. The predicted molar refractivity (Wildman–Crippen MR) is 95.0 cm³/mol. The zero-order chi connectivity index (χ0) is 16.7. The molecule has 3 rings (SSSR count). The molecule has 0 radical (unpaired) electrons. The Morgan fingerprint density at radius 1 is 1.39 bits per heavy atom. The van der Waals surface area contributed by atoms with Gasteiger partial charge in [0, 0.05) is 0 Å². The van der Waals surface area contributed by atoms with E-state index in [0.29, 0.717) is 5.92 Å². The van der Waals surface area contributed by atoms with Crippen molar-refractivity contribution in [2.75, 3.05) is 20.2 Å². The summed E-state index contributed by atoms with van der Waals surface area (Å²) in [6.07, 6.45) is 4.23. The Labute approximate surface area is 141 Å². The molecule has 1 aliphatic heterocycles. The van der Waals surface area contributed by atoms with Gasteiger partial charge in [-0.05, 0) is 81.1 Å². The summed E-state index contributed by atoms with van der Waals surface area (Å²) in [7, 11) is 0.423. The van der Waals surface area contributed by atoms with Crippen LogP contribution in [0.5, 0.6) is 5.75 Å². The average Bonchev–Trinajstić information content (AvgIpc) is 2.81. The Morgan fingerprint density at radius 3 is 2.70 bits per heavy atom. The molecule has 1 spiro atoms.